The molecule has 0 spiro atoms. The Morgan fingerprint density at radius 3 is 2.54 bits per heavy atom. The average molecular weight is 400 g/mol. The summed E-state index contributed by atoms with van der Waals surface area (Å²) < 4.78 is 20.7. The number of hydrogen-bond donors (Lipinski definition) is 1. The first-order chi connectivity index (χ1) is 13.5. The number of amides is 1. The summed E-state index contributed by atoms with van der Waals surface area (Å²) in [6.07, 6.45) is 0.368. The molecule has 7 heteroatoms. The van der Waals surface area contributed by atoms with Crippen molar-refractivity contribution in [2.24, 2.45) is 0 Å². The number of hydrogen-bond acceptors (Lipinski definition) is 4. The van der Waals surface area contributed by atoms with Gasteiger partial charge in [-0.2, -0.15) is 0 Å². The zero-order valence-corrected chi connectivity index (χ0v) is 16.5. The van der Waals surface area contributed by atoms with Crippen LogP contribution in [-0.2, 0) is 16.0 Å². The number of benzene rings is 1. The zero-order valence-electron chi connectivity index (χ0n) is 15.7. The average Bonchev–Trinajstić information content (AvgIpc) is 3.27. The van der Waals surface area contributed by atoms with Crippen LogP contribution in [0.1, 0.15) is 27.3 Å². The number of aryl methyl sites for hydroxylation is 2. The van der Waals surface area contributed by atoms with Gasteiger partial charge in [0.1, 0.15) is 10.8 Å². The molecule has 3 rings (SSSR count). The highest BCUT2D eigenvalue weighted by Crippen LogP contribution is 2.26. The van der Waals surface area contributed by atoms with E-state index in [1.807, 2.05) is 35.9 Å². The van der Waals surface area contributed by atoms with E-state index in [0.29, 0.717) is 17.5 Å². The SMILES string of the molecule is Cc1ccc(C)n1-c1sccc1C(=O)OCC(=O)NCCc1ccccc1F. The molecule has 28 heavy (non-hydrogen) atoms. The zero-order chi connectivity index (χ0) is 20.1. The standard InChI is InChI=1S/C21H21FN2O3S/c1-14-7-8-15(2)24(14)20-17(10-12-28-20)21(26)27-13-19(25)23-11-9-16-5-3-4-6-18(16)22/h3-8,10,12H,9,11,13H2,1-2H3,(H,23,25). The molecule has 0 aliphatic heterocycles. The van der Waals surface area contributed by atoms with E-state index in [2.05, 4.69) is 5.32 Å². The van der Waals surface area contributed by atoms with Gasteiger partial charge in [-0.3, -0.25) is 4.79 Å². The van der Waals surface area contributed by atoms with Crippen LogP contribution in [0.3, 0.4) is 0 Å². The molecule has 0 aliphatic carbocycles. The van der Waals surface area contributed by atoms with Gasteiger partial charge in [-0.1, -0.05) is 18.2 Å². The van der Waals surface area contributed by atoms with E-state index < -0.39 is 11.9 Å². The normalized spacial score (nSPS) is 10.7. The van der Waals surface area contributed by atoms with E-state index >= 15 is 0 Å². The van der Waals surface area contributed by atoms with Crippen molar-refractivity contribution in [3.05, 3.63) is 76.2 Å². The van der Waals surface area contributed by atoms with Gasteiger partial charge in [0.25, 0.3) is 5.91 Å². The molecule has 0 saturated heterocycles. The third-order valence-electron chi connectivity index (χ3n) is 4.35. The summed E-state index contributed by atoms with van der Waals surface area (Å²) >= 11 is 1.44. The highest BCUT2D eigenvalue weighted by atomic mass is 32.1. The Hall–Kier alpha value is -2.93. The third kappa shape index (κ3) is 4.48. The number of aromatic nitrogens is 1. The number of ether oxygens (including phenoxy) is 1. The smallest absolute Gasteiger partial charge is 0.341 e. The molecule has 1 N–H and O–H groups in total. The van der Waals surface area contributed by atoms with Crippen molar-refractivity contribution in [3.63, 3.8) is 0 Å². The van der Waals surface area contributed by atoms with Crippen LogP contribution in [0.15, 0.2) is 47.8 Å². The molecule has 2 heterocycles. The molecular weight excluding hydrogens is 379 g/mol. The summed E-state index contributed by atoms with van der Waals surface area (Å²) in [7, 11) is 0. The van der Waals surface area contributed by atoms with Crippen LogP contribution in [0.2, 0.25) is 0 Å². The molecule has 1 aromatic carbocycles. The Kier molecular flexibility index (Phi) is 6.26. The van der Waals surface area contributed by atoms with Crippen molar-refractivity contribution in [1.29, 1.82) is 0 Å². The van der Waals surface area contributed by atoms with Gasteiger partial charge in [0.05, 0.1) is 5.56 Å². The van der Waals surface area contributed by atoms with Crippen molar-refractivity contribution in [2.45, 2.75) is 20.3 Å². The largest absolute Gasteiger partial charge is 0.452 e. The lowest BCUT2D eigenvalue weighted by Gasteiger charge is -2.10. The highest BCUT2D eigenvalue weighted by Gasteiger charge is 2.19. The topological polar surface area (TPSA) is 60.3 Å². The first-order valence-electron chi connectivity index (χ1n) is 8.87. The molecule has 0 unspecified atom stereocenters. The Balaban J connectivity index is 1.53. The van der Waals surface area contributed by atoms with Crippen LogP contribution in [0.25, 0.3) is 5.00 Å². The van der Waals surface area contributed by atoms with Gasteiger partial charge in [-0.05, 0) is 55.5 Å². The number of rotatable bonds is 7. The lowest BCUT2D eigenvalue weighted by Crippen LogP contribution is -2.30. The number of halogens is 1. The predicted octanol–water partition coefficient (Wildman–Crippen LogP) is 3.81. The Labute approximate surface area is 166 Å². The van der Waals surface area contributed by atoms with Crippen LogP contribution >= 0.6 is 11.3 Å². The minimum Gasteiger partial charge on any atom is -0.452 e. The van der Waals surface area contributed by atoms with E-state index in [0.717, 1.165) is 16.4 Å². The minimum absolute atomic E-state index is 0.267. The van der Waals surface area contributed by atoms with E-state index in [4.69, 9.17) is 4.74 Å². The van der Waals surface area contributed by atoms with Gasteiger partial charge in [0, 0.05) is 17.9 Å². The number of thiophene rings is 1. The fourth-order valence-corrected chi connectivity index (χ4v) is 3.92. The molecule has 146 valence electrons. The molecular formula is C21H21FN2O3S. The monoisotopic (exact) mass is 400 g/mol. The predicted molar refractivity (Wildman–Crippen MR) is 107 cm³/mol. The van der Waals surface area contributed by atoms with E-state index in [1.54, 1.807) is 24.3 Å². The fraction of sp³-hybridized carbons (Fsp3) is 0.238. The molecule has 0 bridgehead atoms. The van der Waals surface area contributed by atoms with Gasteiger partial charge in [0.15, 0.2) is 6.61 Å². The number of carbonyl (C=O) groups excluding carboxylic acids is 2. The number of esters is 1. The van der Waals surface area contributed by atoms with E-state index in [9.17, 15) is 14.0 Å². The molecule has 1 amide bonds. The Morgan fingerprint density at radius 1 is 1.11 bits per heavy atom. The Morgan fingerprint density at radius 2 is 1.82 bits per heavy atom. The molecule has 2 aromatic heterocycles. The summed E-state index contributed by atoms with van der Waals surface area (Å²) in [4.78, 5) is 24.4. The van der Waals surface area contributed by atoms with Crippen molar-refractivity contribution >= 4 is 23.2 Å². The molecule has 5 nitrogen and oxygen atoms in total. The van der Waals surface area contributed by atoms with Crippen molar-refractivity contribution in [3.8, 4) is 5.00 Å². The maximum atomic E-state index is 13.6. The quantitative estimate of drug-likeness (QED) is 0.614. The first-order valence-corrected chi connectivity index (χ1v) is 9.75. The molecule has 0 radical (unpaired) electrons. The van der Waals surface area contributed by atoms with Crippen LogP contribution < -0.4 is 5.32 Å². The van der Waals surface area contributed by atoms with Crippen LogP contribution in [0.5, 0.6) is 0 Å². The minimum atomic E-state index is -0.548. The second-order valence-electron chi connectivity index (χ2n) is 6.36. The lowest BCUT2D eigenvalue weighted by molar-refractivity contribution is -0.124. The summed E-state index contributed by atoms with van der Waals surface area (Å²) in [5.74, 6) is -1.27. The second-order valence-corrected chi connectivity index (χ2v) is 7.25. The first kappa shape index (κ1) is 19.8. The van der Waals surface area contributed by atoms with Gasteiger partial charge < -0.3 is 14.6 Å². The molecule has 3 aromatic rings. The highest BCUT2D eigenvalue weighted by molar-refractivity contribution is 7.13. The van der Waals surface area contributed by atoms with Crippen molar-refractivity contribution < 1.29 is 18.7 Å². The lowest BCUT2D eigenvalue weighted by atomic mass is 10.1. The van der Waals surface area contributed by atoms with Crippen LogP contribution in [0.4, 0.5) is 4.39 Å². The van der Waals surface area contributed by atoms with Crippen LogP contribution in [-0.4, -0.2) is 29.6 Å². The van der Waals surface area contributed by atoms with Gasteiger partial charge in [-0.25, -0.2) is 9.18 Å². The van der Waals surface area contributed by atoms with Gasteiger partial charge >= 0.3 is 5.97 Å². The summed E-state index contributed by atoms with van der Waals surface area (Å²) in [5.41, 5.74) is 2.98. The van der Waals surface area contributed by atoms with Crippen LogP contribution in [0, 0.1) is 19.7 Å². The second kappa shape index (κ2) is 8.84. The summed E-state index contributed by atoms with van der Waals surface area (Å²) in [6.45, 7) is 3.81. The van der Waals surface area contributed by atoms with Crippen molar-refractivity contribution in [2.75, 3.05) is 13.2 Å². The number of carbonyl (C=O) groups is 2. The van der Waals surface area contributed by atoms with Gasteiger partial charge in [-0.15, -0.1) is 11.3 Å². The maximum Gasteiger partial charge on any atom is 0.341 e. The summed E-state index contributed by atoms with van der Waals surface area (Å²) in [6, 6.07) is 12.1. The van der Waals surface area contributed by atoms with Gasteiger partial charge in [0.2, 0.25) is 0 Å². The molecule has 0 saturated carbocycles. The number of nitrogens with zero attached hydrogens (tertiary/aromatic N) is 1. The van der Waals surface area contributed by atoms with Crippen molar-refractivity contribution in [1.82, 2.24) is 9.88 Å². The molecule has 0 aliphatic rings. The van der Waals surface area contributed by atoms with E-state index in [1.165, 1.54) is 17.4 Å². The third-order valence-corrected chi connectivity index (χ3v) is 5.25. The fourth-order valence-electron chi connectivity index (χ4n) is 2.92. The molecule has 0 fully saturated rings. The van der Waals surface area contributed by atoms with E-state index in [-0.39, 0.29) is 19.0 Å². The summed E-state index contributed by atoms with van der Waals surface area (Å²) in [5, 5.41) is 5.22. The molecule has 0 atom stereocenters. The number of nitrogens with one attached hydrogen (secondary N) is 1. The maximum absolute atomic E-state index is 13.6. The Bertz CT molecular complexity index is 974.